The van der Waals surface area contributed by atoms with E-state index in [1.807, 2.05) is 35.2 Å². The molecule has 4 heteroatoms. The molecule has 1 aliphatic rings. The van der Waals surface area contributed by atoms with Crippen LogP contribution in [0, 0.1) is 0 Å². The van der Waals surface area contributed by atoms with Crippen LogP contribution < -0.4 is 0 Å². The summed E-state index contributed by atoms with van der Waals surface area (Å²) in [5.74, 6) is 0.548. The maximum Gasteiger partial charge on any atom is 0.254 e. The van der Waals surface area contributed by atoms with Crippen LogP contribution in [0.15, 0.2) is 115 Å². The van der Waals surface area contributed by atoms with Gasteiger partial charge in [0.1, 0.15) is 0 Å². The van der Waals surface area contributed by atoms with Crippen molar-refractivity contribution in [2.75, 3.05) is 26.2 Å². The van der Waals surface area contributed by atoms with Gasteiger partial charge in [0.25, 0.3) is 5.91 Å². The van der Waals surface area contributed by atoms with Crippen LogP contribution in [0.2, 0.25) is 0 Å². The number of benzene rings is 4. The van der Waals surface area contributed by atoms with Gasteiger partial charge in [-0.2, -0.15) is 0 Å². The minimum Gasteiger partial charge on any atom is -0.336 e. The number of hydrogen-bond donors (Lipinski definition) is 0. The number of carbonyl (C=O) groups excluding carboxylic acids is 1. The smallest absolute Gasteiger partial charge is 0.254 e. The summed E-state index contributed by atoms with van der Waals surface area (Å²) in [5, 5.41) is 0.906. The first-order valence-electron chi connectivity index (χ1n) is 14.2. The van der Waals surface area contributed by atoms with E-state index in [-0.39, 0.29) is 11.9 Å². The monoisotopic (exact) mass is 525 g/mol. The molecule has 40 heavy (non-hydrogen) atoms. The van der Waals surface area contributed by atoms with Gasteiger partial charge in [0.15, 0.2) is 0 Å². The van der Waals surface area contributed by atoms with Gasteiger partial charge in [-0.05, 0) is 34.7 Å². The van der Waals surface area contributed by atoms with Gasteiger partial charge in [0.05, 0.1) is 22.8 Å². The van der Waals surface area contributed by atoms with E-state index in [0.717, 1.165) is 40.8 Å². The van der Waals surface area contributed by atoms with Crippen molar-refractivity contribution in [3.8, 4) is 11.3 Å². The molecule has 0 bridgehead atoms. The third kappa shape index (κ3) is 5.28. The van der Waals surface area contributed by atoms with Crippen molar-refractivity contribution in [2.45, 2.75) is 25.8 Å². The molecule has 1 saturated heterocycles. The highest BCUT2D eigenvalue weighted by Crippen LogP contribution is 2.31. The Morgan fingerprint density at radius 2 is 1.25 bits per heavy atom. The third-order valence-electron chi connectivity index (χ3n) is 8.02. The average molecular weight is 526 g/mol. The summed E-state index contributed by atoms with van der Waals surface area (Å²) >= 11 is 0. The molecule has 1 amide bonds. The standard InChI is InChI=1S/C36H35N3O/c1-26(2)27-17-19-28(20-18-27)34-25-32(31-15-9-10-16-33(31)37-34)36(40)39-23-21-38(22-24-39)35(29-11-5-3-6-12-29)30-13-7-4-8-14-30/h3-20,25-26,35H,21-24H2,1-2H3. The number of piperazine rings is 1. The van der Waals surface area contributed by atoms with Gasteiger partial charge in [-0.1, -0.05) is 117 Å². The van der Waals surface area contributed by atoms with E-state index in [0.29, 0.717) is 19.0 Å². The summed E-state index contributed by atoms with van der Waals surface area (Å²) in [6.07, 6.45) is 0. The SMILES string of the molecule is CC(C)c1ccc(-c2cc(C(=O)N3CCN(C(c4ccccc4)c4ccccc4)CC3)c3ccccc3n2)cc1. The number of hydrogen-bond acceptors (Lipinski definition) is 3. The first kappa shape index (κ1) is 26.0. The van der Waals surface area contributed by atoms with Crippen molar-refractivity contribution in [1.82, 2.24) is 14.8 Å². The molecular weight excluding hydrogens is 490 g/mol. The molecule has 0 aliphatic carbocycles. The van der Waals surface area contributed by atoms with Crippen LogP contribution in [0.4, 0.5) is 0 Å². The summed E-state index contributed by atoms with van der Waals surface area (Å²) in [5.41, 5.74) is 7.30. The van der Waals surface area contributed by atoms with Gasteiger partial charge in [0, 0.05) is 37.1 Å². The van der Waals surface area contributed by atoms with Gasteiger partial charge in [-0.25, -0.2) is 4.98 Å². The Morgan fingerprint density at radius 1 is 0.675 bits per heavy atom. The van der Waals surface area contributed by atoms with Crippen LogP contribution in [0.25, 0.3) is 22.2 Å². The molecule has 0 N–H and O–H groups in total. The van der Waals surface area contributed by atoms with Gasteiger partial charge in [-0.3, -0.25) is 9.69 Å². The Morgan fingerprint density at radius 3 is 1.85 bits per heavy atom. The number of amides is 1. The lowest BCUT2D eigenvalue weighted by Gasteiger charge is -2.40. The quantitative estimate of drug-likeness (QED) is 0.229. The summed E-state index contributed by atoms with van der Waals surface area (Å²) in [4.78, 5) is 23.5. The zero-order chi connectivity index (χ0) is 27.5. The number of para-hydroxylation sites is 1. The van der Waals surface area contributed by atoms with E-state index < -0.39 is 0 Å². The van der Waals surface area contributed by atoms with Crippen molar-refractivity contribution in [3.05, 3.63) is 138 Å². The predicted octanol–water partition coefficient (Wildman–Crippen LogP) is 7.57. The van der Waals surface area contributed by atoms with Crippen molar-refractivity contribution in [1.29, 1.82) is 0 Å². The zero-order valence-corrected chi connectivity index (χ0v) is 23.2. The minimum absolute atomic E-state index is 0.0780. The number of rotatable bonds is 6. The fourth-order valence-corrected chi connectivity index (χ4v) is 5.78. The zero-order valence-electron chi connectivity index (χ0n) is 23.2. The lowest BCUT2D eigenvalue weighted by atomic mass is 9.96. The molecule has 0 saturated carbocycles. The molecule has 6 rings (SSSR count). The van der Waals surface area contributed by atoms with E-state index in [4.69, 9.17) is 4.98 Å². The summed E-state index contributed by atoms with van der Waals surface area (Å²) < 4.78 is 0. The molecule has 4 aromatic carbocycles. The topological polar surface area (TPSA) is 36.4 Å². The molecule has 0 spiro atoms. The highest BCUT2D eigenvalue weighted by atomic mass is 16.2. The Bertz CT molecular complexity index is 1550. The molecular formula is C36H35N3O. The van der Waals surface area contributed by atoms with Crippen molar-refractivity contribution in [3.63, 3.8) is 0 Å². The highest BCUT2D eigenvalue weighted by molar-refractivity contribution is 6.07. The fourth-order valence-electron chi connectivity index (χ4n) is 5.78. The van der Waals surface area contributed by atoms with Crippen molar-refractivity contribution < 1.29 is 4.79 Å². The van der Waals surface area contributed by atoms with Gasteiger partial charge < -0.3 is 4.90 Å². The number of nitrogens with zero attached hydrogens (tertiary/aromatic N) is 3. The maximum atomic E-state index is 14.0. The van der Waals surface area contributed by atoms with E-state index >= 15 is 0 Å². The Hall–Kier alpha value is -4.28. The van der Waals surface area contributed by atoms with Gasteiger partial charge >= 0.3 is 0 Å². The van der Waals surface area contributed by atoms with E-state index in [1.165, 1.54) is 16.7 Å². The van der Waals surface area contributed by atoms with Crippen molar-refractivity contribution in [2.24, 2.45) is 0 Å². The molecule has 0 unspecified atom stereocenters. The number of carbonyl (C=O) groups is 1. The first-order valence-corrected chi connectivity index (χ1v) is 14.2. The largest absolute Gasteiger partial charge is 0.336 e. The van der Waals surface area contributed by atoms with E-state index in [9.17, 15) is 4.79 Å². The molecule has 1 aromatic heterocycles. The van der Waals surface area contributed by atoms with E-state index in [1.54, 1.807) is 0 Å². The Balaban J connectivity index is 1.27. The Labute approximate surface area is 236 Å². The summed E-state index contributed by atoms with van der Waals surface area (Å²) in [6, 6.07) is 40.0. The second-order valence-electron chi connectivity index (χ2n) is 10.9. The van der Waals surface area contributed by atoms with Crippen molar-refractivity contribution >= 4 is 16.8 Å². The van der Waals surface area contributed by atoms with Crippen LogP contribution in [0.1, 0.15) is 52.9 Å². The molecule has 0 atom stereocenters. The summed E-state index contributed by atoms with van der Waals surface area (Å²) in [7, 11) is 0. The van der Waals surface area contributed by atoms with E-state index in [2.05, 4.69) is 104 Å². The van der Waals surface area contributed by atoms with Crippen LogP contribution in [-0.4, -0.2) is 46.9 Å². The maximum absolute atomic E-state index is 14.0. The Kier molecular flexibility index (Phi) is 7.43. The normalized spacial score (nSPS) is 14.2. The molecule has 4 nitrogen and oxygen atoms in total. The van der Waals surface area contributed by atoms with Crippen LogP contribution in [0.3, 0.4) is 0 Å². The molecule has 2 heterocycles. The second kappa shape index (κ2) is 11.4. The number of pyridine rings is 1. The predicted molar refractivity (Wildman–Crippen MR) is 163 cm³/mol. The third-order valence-corrected chi connectivity index (χ3v) is 8.02. The number of fused-ring (bicyclic) bond motifs is 1. The molecule has 0 radical (unpaired) electrons. The molecule has 200 valence electrons. The lowest BCUT2D eigenvalue weighted by Crippen LogP contribution is -2.49. The second-order valence-corrected chi connectivity index (χ2v) is 10.9. The summed E-state index contributed by atoms with van der Waals surface area (Å²) in [6.45, 7) is 7.39. The molecule has 1 fully saturated rings. The highest BCUT2D eigenvalue weighted by Gasteiger charge is 2.29. The number of aromatic nitrogens is 1. The average Bonchev–Trinajstić information content (AvgIpc) is 3.02. The first-order chi connectivity index (χ1) is 19.6. The van der Waals surface area contributed by atoms with Crippen LogP contribution in [-0.2, 0) is 0 Å². The van der Waals surface area contributed by atoms with Gasteiger partial charge in [0.2, 0.25) is 0 Å². The molecule has 5 aromatic rings. The van der Waals surface area contributed by atoms with Crippen LogP contribution >= 0.6 is 0 Å². The fraction of sp³-hybridized carbons (Fsp3) is 0.222. The molecule has 1 aliphatic heterocycles. The lowest BCUT2D eigenvalue weighted by molar-refractivity contribution is 0.0599. The minimum atomic E-state index is 0.0780. The van der Waals surface area contributed by atoms with Gasteiger partial charge in [-0.15, -0.1) is 0 Å². The van der Waals surface area contributed by atoms with Crippen LogP contribution in [0.5, 0.6) is 0 Å².